The highest BCUT2D eigenvalue weighted by atomic mass is 32.2. The normalized spacial score (nSPS) is 28.8. The summed E-state index contributed by atoms with van der Waals surface area (Å²) in [4.78, 5) is 49.6. The van der Waals surface area contributed by atoms with Crippen LogP contribution in [0.15, 0.2) is 15.3 Å². The summed E-state index contributed by atoms with van der Waals surface area (Å²) in [6.45, 7) is 32.6. The van der Waals surface area contributed by atoms with E-state index in [-0.39, 0.29) is 47.7 Å². The van der Waals surface area contributed by atoms with E-state index >= 15 is 4.79 Å². The fourth-order valence-electron chi connectivity index (χ4n) is 9.50. The molecule has 0 bridgehead atoms. The average molecular weight is 910 g/mol. The second-order valence-electron chi connectivity index (χ2n) is 19.5. The molecule has 14 heteroatoms. The van der Waals surface area contributed by atoms with Gasteiger partial charge in [-0.05, 0) is 108 Å². The van der Waals surface area contributed by atoms with Crippen molar-refractivity contribution in [1.82, 2.24) is 15.2 Å². The van der Waals surface area contributed by atoms with Crippen LogP contribution in [0.5, 0.6) is 0 Å². The quantitative estimate of drug-likeness (QED) is 0.0744. The number of ketones is 1. The van der Waals surface area contributed by atoms with E-state index in [1.165, 1.54) is 0 Å². The predicted molar refractivity (Wildman–Crippen MR) is 255 cm³/mol. The number of hydrogen-bond donors (Lipinski definition) is 1. The van der Waals surface area contributed by atoms with Gasteiger partial charge in [-0.15, -0.1) is 11.3 Å². The molecule has 1 aromatic heterocycles. The first-order valence-electron chi connectivity index (χ1n) is 23.0. The second kappa shape index (κ2) is 22.4. The van der Waals surface area contributed by atoms with Crippen molar-refractivity contribution in [3.63, 3.8) is 0 Å². The highest BCUT2D eigenvalue weighted by Gasteiger charge is 2.59. The summed E-state index contributed by atoms with van der Waals surface area (Å²) in [5.41, 5.74) is 0.0383. The zero-order chi connectivity index (χ0) is 45.3. The number of nitrogens with zero attached hydrogens (tertiary/aromatic N) is 2. The van der Waals surface area contributed by atoms with E-state index in [1.807, 2.05) is 59.3 Å². The van der Waals surface area contributed by atoms with Crippen LogP contribution in [-0.4, -0.2) is 99.2 Å². The van der Waals surface area contributed by atoms with E-state index < -0.39 is 46.0 Å². The highest BCUT2D eigenvalue weighted by molar-refractivity contribution is 8.00. The Morgan fingerprint density at radius 1 is 1.02 bits per heavy atom. The van der Waals surface area contributed by atoms with Crippen molar-refractivity contribution in [2.45, 2.75) is 212 Å². The van der Waals surface area contributed by atoms with Crippen LogP contribution in [0.4, 0.5) is 4.79 Å². The number of thioether (sulfide) groups is 1. The average Bonchev–Trinajstić information content (AvgIpc) is 3.47. The number of Topliss-reactive ketones (excluding diaryl/α,β-unsaturated/α-hetero) is 1. The molecule has 0 spiro atoms. The van der Waals surface area contributed by atoms with Crippen molar-refractivity contribution in [2.24, 2.45) is 17.3 Å². The monoisotopic (exact) mass is 910 g/mol. The molecular formula is C46H83N3O7S2Si2. The van der Waals surface area contributed by atoms with Crippen LogP contribution in [-0.2, 0) is 27.9 Å². The van der Waals surface area contributed by atoms with Gasteiger partial charge >= 0.3 is 12.1 Å². The van der Waals surface area contributed by atoms with Crippen molar-refractivity contribution in [2.75, 3.05) is 19.3 Å². The first-order chi connectivity index (χ1) is 28.0. The van der Waals surface area contributed by atoms with Gasteiger partial charge in [0.25, 0.3) is 0 Å². The van der Waals surface area contributed by atoms with Gasteiger partial charge in [0.15, 0.2) is 16.6 Å². The Kier molecular flexibility index (Phi) is 19.7. The Hall–Kier alpha value is -1.56. The molecule has 2 saturated heterocycles. The maximum atomic E-state index is 15.2. The first-order valence-corrected chi connectivity index (χ1v) is 30.2. The SMILES string of the molecule is CC[Si](CC)(CC)OC1[C@@H](C)CCC[C@]2(C)[C@H](C[C@@H](/C(C)=C/c3csc(SC)n3)OC(=O)CC(O[Si](CC)(CC)CC)C(C)(C)C(=O)[C@@H]1C)N2CCNC(=O)OC(C)(C)C. The summed E-state index contributed by atoms with van der Waals surface area (Å²) in [6, 6.07) is 5.83. The topological polar surface area (TPSA) is 116 Å². The molecular weight excluding hydrogens is 827 g/mol. The minimum atomic E-state index is -2.28. The Morgan fingerprint density at radius 3 is 2.13 bits per heavy atom. The van der Waals surface area contributed by atoms with Gasteiger partial charge in [-0.1, -0.05) is 87.4 Å². The van der Waals surface area contributed by atoms with Crippen molar-refractivity contribution in [3.8, 4) is 0 Å². The van der Waals surface area contributed by atoms with Gasteiger partial charge in [0.1, 0.15) is 21.8 Å². The van der Waals surface area contributed by atoms with Crippen molar-refractivity contribution in [3.05, 3.63) is 16.6 Å². The van der Waals surface area contributed by atoms with Gasteiger partial charge in [0.2, 0.25) is 0 Å². The smallest absolute Gasteiger partial charge is 0.407 e. The molecule has 10 nitrogen and oxygen atoms in total. The molecule has 0 aromatic carbocycles. The molecule has 2 fully saturated rings. The van der Waals surface area contributed by atoms with Gasteiger partial charge in [-0.3, -0.25) is 14.5 Å². The standard InChI is InChI=1S/C46H83N3O7S2Si2/c1-17-59(18-2,19-3)55-38-30-39(50)53-36(33(8)28-35-31-58-43(48-35)57-16)29-37-46(15,49(37)27-26-47-42(52)54-44(10,11)12)25-23-24-32(7)40(34(9)41(51)45(38,13)14)56-60(20-4,21-5)22-6/h28,31-32,34,36-38,40H,17-27,29-30H2,1-16H3,(H,47,52)/b33-28+/t32-,34+,36-,37-,38?,40?,46+,49?/m0/s1. The number of alkyl carbamates (subject to hydrolysis) is 1. The maximum Gasteiger partial charge on any atom is 0.407 e. The molecule has 0 radical (unpaired) electrons. The molecule has 1 N–H and O–H groups in total. The number of rotatable bonds is 16. The summed E-state index contributed by atoms with van der Waals surface area (Å²) in [6.07, 6.45) is 5.62. The Balaban J connectivity index is 2.15. The van der Waals surface area contributed by atoms with Crippen LogP contribution in [0.25, 0.3) is 6.08 Å². The number of amides is 1. The number of fused-ring (bicyclic) bond motifs is 1. The highest BCUT2D eigenvalue weighted by Crippen LogP contribution is 2.49. The van der Waals surface area contributed by atoms with Gasteiger partial charge in [0, 0.05) is 47.8 Å². The summed E-state index contributed by atoms with van der Waals surface area (Å²) >= 11 is 3.22. The molecule has 3 unspecified atom stereocenters. The van der Waals surface area contributed by atoms with Gasteiger partial charge < -0.3 is 23.6 Å². The third-order valence-corrected chi connectivity index (χ3v) is 25.4. The molecule has 2 aliphatic rings. The van der Waals surface area contributed by atoms with Gasteiger partial charge in [-0.2, -0.15) is 0 Å². The lowest BCUT2D eigenvalue weighted by Crippen LogP contribution is -2.53. The molecule has 8 atom stereocenters. The number of nitrogens with one attached hydrogen (secondary N) is 1. The minimum Gasteiger partial charge on any atom is -0.458 e. The van der Waals surface area contributed by atoms with Gasteiger partial charge in [-0.25, -0.2) is 9.78 Å². The van der Waals surface area contributed by atoms with Crippen LogP contribution in [0.3, 0.4) is 0 Å². The zero-order valence-electron chi connectivity index (χ0n) is 40.4. The number of carbonyl (C=O) groups is 3. The Bertz CT molecular complexity index is 1570. The number of esters is 1. The van der Waals surface area contributed by atoms with E-state index in [1.54, 1.807) is 23.1 Å². The van der Waals surface area contributed by atoms with Crippen LogP contribution in [0.2, 0.25) is 36.3 Å². The maximum absolute atomic E-state index is 15.2. The summed E-state index contributed by atoms with van der Waals surface area (Å²) in [7, 11) is -4.39. The number of aromatic nitrogens is 1. The van der Waals surface area contributed by atoms with E-state index in [4.69, 9.17) is 23.3 Å². The molecule has 0 saturated carbocycles. The second-order valence-corrected chi connectivity index (χ2v) is 30.8. The van der Waals surface area contributed by atoms with Crippen molar-refractivity contribution < 1.29 is 32.7 Å². The molecule has 3 rings (SSSR count). The zero-order valence-corrected chi connectivity index (χ0v) is 44.0. The lowest BCUT2D eigenvalue weighted by atomic mass is 9.73. The van der Waals surface area contributed by atoms with E-state index in [0.717, 1.165) is 71.1 Å². The number of hydrogen-bond acceptors (Lipinski definition) is 11. The molecule has 60 heavy (non-hydrogen) atoms. The van der Waals surface area contributed by atoms with Crippen LogP contribution < -0.4 is 5.32 Å². The van der Waals surface area contributed by atoms with Crippen LogP contribution in [0, 0.1) is 17.3 Å². The number of carbonyl (C=O) groups excluding carboxylic acids is 3. The number of cyclic esters (lactones) is 1. The van der Waals surface area contributed by atoms with E-state index in [0.29, 0.717) is 19.5 Å². The largest absolute Gasteiger partial charge is 0.458 e. The number of ether oxygens (including phenoxy) is 2. The summed E-state index contributed by atoms with van der Waals surface area (Å²) in [5, 5.41) is 5.01. The Labute approximate surface area is 375 Å². The van der Waals surface area contributed by atoms with Gasteiger partial charge in [0.05, 0.1) is 24.3 Å². The minimum absolute atomic E-state index is 0.0125. The molecule has 344 valence electrons. The molecule has 1 amide bonds. The molecule has 2 aliphatic heterocycles. The fraction of sp³-hybridized carbons (Fsp3) is 0.826. The lowest BCUT2D eigenvalue weighted by molar-refractivity contribution is -0.153. The Morgan fingerprint density at radius 2 is 1.60 bits per heavy atom. The predicted octanol–water partition coefficient (Wildman–Crippen LogP) is 11.8. The van der Waals surface area contributed by atoms with Crippen molar-refractivity contribution in [1.29, 1.82) is 0 Å². The summed E-state index contributed by atoms with van der Waals surface area (Å²) in [5.74, 6) is -0.498. The molecule has 0 aliphatic carbocycles. The van der Waals surface area contributed by atoms with Crippen LogP contribution in [0.1, 0.15) is 142 Å². The number of thiazole rings is 1. The fourth-order valence-corrected chi connectivity index (χ4v) is 16.7. The van der Waals surface area contributed by atoms with Crippen LogP contribution >= 0.6 is 23.1 Å². The van der Waals surface area contributed by atoms with Crippen molar-refractivity contribution >= 4 is 63.7 Å². The third-order valence-electron chi connectivity index (χ3n) is 14.2. The summed E-state index contributed by atoms with van der Waals surface area (Å²) < 4.78 is 27.7. The van der Waals surface area contributed by atoms with E-state index in [9.17, 15) is 9.59 Å². The molecule has 3 heterocycles. The van der Waals surface area contributed by atoms with E-state index in [2.05, 4.69) is 72.5 Å². The lowest BCUT2D eigenvalue weighted by Gasteiger charge is -2.44. The molecule has 1 aromatic rings. The third kappa shape index (κ3) is 13.5. The first kappa shape index (κ1) is 52.8.